The van der Waals surface area contributed by atoms with E-state index in [4.69, 9.17) is 21.1 Å². The Bertz CT molecular complexity index is 789. The van der Waals surface area contributed by atoms with E-state index in [9.17, 15) is 9.59 Å². The van der Waals surface area contributed by atoms with Gasteiger partial charge in [0.1, 0.15) is 0 Å². The zero-order chi connectivity index (χ0) is 19.1. The molecule has 0 radical (unpaired) electrons. The van der Waals surface area contributed by atoms with Crippen LogP contribution in [0.4, 0.5) is 5.69 Å². The quantitative estimate of drug-likeness (QED) is 0.770. The number of rotatable bonds is 6. The summed E-state index contributed by atoms with van der Waals surface area (Å²) < 4.78 is 10.4. The fraction of sp³-hybridized carbons (Fsp3) is 0.300. The zero-order valence-corrected chi connectivity index (χ0v) is 15.6. The highest BCUT2D eigenvalue weighted by atomic mass is 35.5. The van der Waals surface area contributed by atoms with E-state index in [1.54, 1.807) is 36.4 Å². The Labute approximate surface area is 163 Å². The monoisotopic (exact) mass is 388 g/mol. The van der Waals surface area contributed by atoms with Gasteiger partial charge in [0, 0.05) is 30.3 Å². The van der Waals surface area contributed by atoms with Crippen LogP contribution in [-0.2, 0) is 20.8 Å². The Morgan fingerprint density at radius 3 is 2.56 bits per heavy atom. The van der Waals surface area contributed by atoms with Gasteiger partial charge in [-0.05, 0) is 35.9 Å². The van der Waals surface area contributed by atoms with Gasteiger partial charge >= 0.3 is 5.97 Å². The average Bonchev–Trinajstić information content (AvgIpc) is 2.67. The molecule has 1 aliphatic rings. The molecular formula is C20H21ClN2O4. The molecule has 1 saturated heterocycles. The molecule has 0 spiro atoms. The van der Waals surface area contributed by atoms with Crippen LogP contribution < -0.4 is 5.32 Å². The third-order valence-corrected chi connectivity index (χ3v) is 4.38. The van der Waals surface area contributed by atoms with Crippen molar-refractivity contribution in [2.45, 2.75) is 6.54 Å². The summed E-state index contributed by atoms with van der Waals surface area (Å²) in [5.41, 5.74) is 2.08. The molecule has 0 aromatic heterocycles. The number of nitrogens with one attached hydrogen (secondary N) is 1. The second kappa shape index (κ2) is 9.50. The van der Waals surface area contributed by atoms with Crippen molar-refractivity contribution in [2.24, 2.45) is 0 Å². The highest BCUT2D eigenvalue weighted by Gasteiger charge is 2.13. The maximum Gasteiger partial charge on any atom is 0.338 e. The second-order valence-corrected chi connectivity index (χ2v) is 6.66. The molecule has 3 rings (SSSR count). The van der Waals surface area contributed by atoms with E-state index in [1.165, 1.54) is 0 Å². The lowest BCUT2D eigenvalue weighted by molar-refractivity contribution is -0.119. The number of nitrogens with zero attached hydrogens (tertiary/aromatic N) is 1. The van der Waals surface area contributed by atoms with Gasteiger partial charge in [-0.3, -0.25) is 9.69 Å². The number of carbonyl (C=O) groups is 2. The Morgan fingerprint density at radius 2 is 1.85 bits per heavy atom. The van der Waals surface area contributed by atoms with Gasteiger partial charge in [0.25, 0.3) is 5.91 Å². The number of esters is 1. The molecule has 6 nitrogen and oxygen atoms in total. The number of morpholine rings is 1. The number of amides is 1. The van der Waals surface area contributed by atoms with E-state index in [0.29, 0.717) is 16.3 Å². The number of ether oxygens (including phenoxy) is 2. The number of anilines is 1. The van der Waals surface area contributed by atoms with Gasteiger partial charge < -0.3 is 14.8 Å². The lowest BCUT2D eigenvalue weighted by Gasteiger charge is -2.26. The molecule has 0 saturated carbocycles. The molecule has 7 heteroatoms. The zero-order valence-electron chi connectivity index (χ0n) is 14.8. The molecule has 142 valence electrons. The van der Waals surface area contributed by atoms with Crippen molar-refractivity contribution in [3.8, 4) is 0 Å². The maximum absolute atomic E-state index is 12.1. The Morgan fingerprint density at radius 1 is 1.11 bits per heavy atom. The van der Waals surface area contributed by atoms with Crippen LogP contribution in [0.1, 0.15) is 15.9 Å². The summed E-state index contributed by atoms with van der Waals surface area (Å²) in [5, 5.41) is 3.14. The highest BCUT2D eigenvalue weighted by molar-refractivity contribution is 6.30. The molecule has 0 atom stereocenters. The van der Waals surface area contributed by atoms with Gasteiger partial charge in [0.05, 0.1) is 18.8 Å². The van der Waals surface area contributed by atoms with E-state index in [-0.39, 0.29) is 6.61 Å². The first-order valence-corrected chi connectivity index (χ1v) is 9.09. The summed E-state index contributed by atoms with van der Waals surface area (Å²) in [6.07, 6.45) is 0. The van der Waals surface area contributed by atoms with E-state index in [2.05, 4.69) is 10.2 Å². The molecule has 0 bridgehead atoms. The molecule has 1 fully saturated rings. The molecule has 2 aromatic carbocycles. The molecule has 0 aliphatic carbocycles. The SMILES string of the molecule is O=C(COC(=O)c1ccc(CN2CCOCC2)cc1)Nc1cccc(Cl)c1. The van der Waals surface area contributed by atoms with Crippen molar-refractivity contribution in [2.75, 3.05) is 38.2 Å². The topological polar surface area (TPSA) is 67.9 Å². The van der Waals surface area contributed by atoms with Crippen molar-refractivity contribution >= 4 is 29.2 Å². The van der Waals surface area contributed by atoms with Crippen LogP contribution in [0.15, 0.2) is 48.5 Å². The number of benzene rings is 2. The molecule has 2 aromatic rings. The second-order valence-electron chi connectivity index (χ2n) is 6.22. The summed E-state index contributed by atoms with van der Waals surface area (Å²) in [6.45, 7) is 3.78. The Kier molecular flexibility index (Phi) is 6.81. The molecule has 1 N–H and O–H groups in total. The highest BCUT2D eigenvalue weighted by Crippen LogP contribution is 2.15. The van der Waals surface area contributed by atoms with Crippen molar-refractivity contribution in [1.82, 2.24) is 4.90 Å². The minimum absolute atomic E-state index is 0.360. The fourth-order valence-electron chi connectivity index (χ4n) is 2.74. The maximum atomic E-state index is 12.1. The van der Waals surface area contributed by atoms with Crippen molar-refractivity contribution in [3.05, 3.63) is 64.7 Å². The van der Waals surface area contributed by atoms with Gasteiger partial charge in [-0.2, -0.15) is 0 Å². The predicted octanol–water partition coefficient (Wildman–Crippen LogP) is 2.97. The summed E-state index contributed by atoms with van der Waals surface area (Å²) in [4.78, 5) is 26.3. The van der Waals surface area contributed by atoms with Gasteiger partial charge in [-0.1, -0.05) is 29.8 Å². The molecule has 1 aliphatic heterocycles. The number of hydrogen-bond donors (Lipinski definition) is 1. The van der Waals surface area contributed by atoms with Crippen LogP contribution >= 0.6 is 11.6 Å². The van der Waals surface area contributed by atoms with Crippen LogP contribution in [0.2, 0.25) is 5.02 Å². The van der Waals surface area contributed by atoms with E-state index in [1.807, 2.05) is 12.1 Å². The summed E-state index contributed by atoms with van der Waals surface area (Å²) in [5.74, 6) is -0.955. The molecular weight excluding hydrogens is 368 g/mol. The van der Waals surface area contributed by atoms with Crippen LogP contribution in [0.25, 0.3) is 0 Å². The van der Waals surface area contributed by atoms with E-state index >= 15 is 0 Å². The third-order valence-electron chi connectivity index (χ3n) is 4.14. The number of halogens is 1. The molecule has 0 unspecified atom stereocenters. The predicted molar refractivity (Wildman–Crippen MR) is 103 cm³/mol. The van der Waals surface area contributed by atoms with Crippen LogP contribution in [-0.4, -0.2) is 49.7 Å². The van der Waals surface area contributed by atoms with E-state index < -0.39 is 11.9 Å². The minimum atomic E-state index is -0.533. The average molecular weight is 389 g/mol. The lowest BCUT2D eigenvalue weighted by atomic mass is 10.1. The van der Waals surface area contributed by atoms with Gasteiger partial charge in [0.2, 0.25) is 0 Å². The largest absolute Gasteiger partial charge is 0.452 e. The molecule has 1 heterocycles. The Hall–Kier alpha value is -2.41. The van der Waals surface area contributed by atoms with Crippen molar-refractivity contribution in [1.29, 1.82) is 0 Å². The van der Waals surface area contributed by atoms with Crippen molar-refractivity contribution < 1.29 is 19.1 Å². The minimum Gasteiger partial charge on any atom is -0.452 e. The Balaban J connectivity index is 1.46. The summed E-state index contributed by atoms with van der Waals surface area (Å²) in [7, 11) is 0. The molecule has 1 amide bonds. The third kappa shape index (κ3) is 6.06. The summed E-state index contributed by atoms with van der Waals surface area (Å²) >= 11 is 5.86. The smallest absolute Gasteiger partial charge is 0.338 e. The lowest BCUT2D eigenvalue weighted by Crippen LogP contribution is -2.35. The first kappa shape index (κ1) is 19.4. The van der Waals surface area contributed by atoms with Crippen LogP contribution in [0, 0.1) is 0 Å². The van der Waals surface area contributed by atoms with Gasteiger partial charge in [-0.15, -0.1) is 0 Å². The van der Waals surface area contributed by atoms with Crippen LogP contribution in [0.3, 0.4) is 0 Å². The van der Waals surface area contributed by atoms with Crippen LogP contribution in [0.5, 0.6) is 0 Å². The van der Waals surface area contributed by atoms with Crippen molar-refractivity contribution in [3.63, 3.8) is 0 Å². The number of hydrogen-bond acceptors (Lipinski definition) is 5. The molecule has 27 heavy (non-hydrogen) atoms. The fourth-order valence-corrected chi connectivity index (χ4v) is 2.93. The van der Waals surface area contributed by atoms with Gasteiger partial charge in [0.15, 0.2) is 6.61 Å². The first-order chi connectivity index (χ1) is 13.1. The van der Waals surface area contributed by atoms with Gasteiger partial charge in [-0.25, -0.2) is 4.79 Å². The van der Waals surface area contributed by atoms with E-state index in [0.717, 1.165) is 38.4 Å². The normalized spacial score (nSPS) is 14.6. The summed E-state index contributed by atoms with van der Waals surface area (Å²) in [6, 6.07) is 14.0. The standard InChI is InChI=1S/C20H21ClN2O4/c21-17-2-1-3-18(12-17)22-19(24)14-27-20(25)16-6-4-15(5-7-16)13-23-8-10-26-11-9-23/h1-7,12H,8-11,13-14H2,(H,22,24). The first-order valence-electron chi connectivity index (χ1n) is 8.72. The number of carbonyl (C=O) groups excluding carboxylic acids is 2.